The second kappa shape index (κ2) is 4.73. The zero-order valence-corrected chi connectivity index (χ0v) is 6.90. The van der Waals surface area contributed by atoms with Crippen LogP contribution in [0.3, 0.4) is 0 Å². The van der Waals surface area contributed by atoms with Gasteiger partial charge in [0.05, 0.1) is 0 Å². The molecule has 0 saturated carbocycles. The van der Waals surface area contributed by atoms with Crippen LogP contribution in [0.15, 0.2) is 0 Å². The average molecular weight is 140 g/mol. The van der Waals surface area contributed by atoms with E-state index in [9.17, 15) is 0 Å². The Balaban J connectivity index is 2.02. The Hall–Kier alpha value is -0.0400. The molecule has 0 aromatic rings. The molecular formula is C9H18N. The molecule has 1 rings (SSSR count). The Morgan fingerprint density at radius 1 is 1.40 bits per heavy atom. The zero-order chi connectivity index (χ0) is 7.23. The average Bonchev–Trinajstić information content (AvgIpc) is 2.03. The number of hydrogen-bond donors (Lipinski definition) is 1. The van der Waals surface area contributed by atoms with Gasteiger partial charge in [0, 0.05) is 0 Å². The van der Waals surface area contributed by atoms with E-state index in [1.54, 1.807) is 0 Å². The minimum absolute atomic E-state index is 0.918. The van der Waals surface area contributed by atoms with Crippen LogP contribution in [-0.2, 0) is 0 Å². The first-order chi connectivity index (χ1) is 4.93. The molecule has 0 unspecified atom stereocenters. The Morgan fingerprint density at radius 2 is 2.10 bits per heavy atom. The highest BCUT2D eigenvalue weighted by molar-refractivity contribution is 4.80. The summed E-state index contributed by atoms with van der Waals surface area (Å²) in [4.78, 5) is 0. The standard InChI is InChI=1S/C9H18N/c1-2-3-4-9-5-7-10-8-6-9/h4,9-10H,2-3,5-8H2,1H3. The Kier molecular flexibility index (Phi) is 3.81. The van der Waals surface area contributed by atoms with Gasteiger partial charge in [-0.2, -0.15) is 0 Å². The van der Waals surface area contributed by atoms with E-state index >= 15 is 0 Å². The number of rotatable bonds is 3. The van der Waals surface area contributed by atoms with Gasteiger partial charge in [-0.3, -0.25) is 0 Å². The van der Waals surface area contributed by atoms with Crippen LogP contribution in [-0.4, -0.2) is 13.1 Å². The van der Waals surface area contributed by atoms with E-state index in [1.807, 2.05) is 0 Å². The highest BCUT2D eigenvalue weighted by Crippen LogP contribution is 2.16. The molecular weight excluding hydrogens is 122 g/mol. The van der Waals surface area contributed by atoms with Crippen molar-refractivity contribution >= 4 is 0 Å². The summed E-state index contributed by atoms with van der Waals surface area (Å²) in [7, 11) is 0. The molecule has 1 heteroatoms. The SMILES string of the molecule is CCC[CH]C1CCNCC1. The predicted molar refractivity (Wildman–Crippen MR) is 44.8 cm³/mol. The van der Waals surface area contributed by atoms with Crippen LogP contribution in [0.25, 0.3) is 0 Å². The fourth-order valence-electron chi connectivity index (χ4n) is 1.48. The lowest BCUT2D eigenvalue weighted by molar-refractivity contribution is 0.406. The molecule has 0 aromatic carbocycles. The molecule has 59 valence electrons. The summed E-state index contributed by atoms with van der Waals surface area (Å²) in [6.45, 7) is 4.70. The Labute approximate surface area is 64.2 Å². The van der Waals surface area contributed by atoms with Crippen molar-refractivity contribution in [2.24, 2.45) is 5.92 Å². The molecule has 1 radical (unpaired) electrons. The van der Waals surface area contributed by atoms with E-state index in [-0.39, 0.29) is 0 Å². The normalized spacial score (nSPS) is 21.3. The first-order valence-corrected chi connectivity index (χ1v) is 4.47. The highest BCUT2D eigenvalue weighted by atomic mass is 14.9. The van der Waals surface area contributed by atoms with Gasteiger partial charge in [0.1, 0.15) is 0 Å². The maximum Gasteiger partial charge on any atom is -0.00462 e. The van der Waals surface area contributed by atoms with Crippen LogP contribution in [0.2, 0.25) is 0 Å². The molecule has 10 heavy (non-hydrogen) atoms. The Morgan fingerprint density at radius 3 is 2.70 bits per heavy atom. The molecule has 1 N–H and O–H groups in total. The summed E-state index contributed by atoms with van der Waals surface area (Å²) in [6.07, 6.45) is 7.84. The molecule has 1 nitrogen and oxygen atoms in total. The van der Waals surface area contributed by atoms with Crippen molar-refractivity contribution in [2.75, 3.05) is 13.1 Å². The van der Waals surface area contributed by atoms with Crippen molar-refractivity contribution in [1.29, 1.82) is 0 Å². The van der Waals surface area contributed by atoms with Gasteiger partial charge in [-0.15, -0.1) is 0 Å². The molecule has 0 amide bonds. The summed E-state index contributed by atoms with van der Waals surface area (Å²) < 4.78 is 0. The smallest absolute Gasteiger partial charge is 0.00462 e. The van der Waals surface area contributed by atoms with Crippen LogP contribution in [0.1, 0.15) is 32.6 Å². The fourth-order valence-corrected chi connectivity index (χ4v) is 1.48. The lowest BCUT2D eigenvalue weighted by Crippen LogP contribution is -2.27. The highest BCUT2D eigenvalue weighted by Gasteiger charge is 2.11. The second-order valence-electron chi connectivity index (χ2n) is 3.11. The zero-order valence-electron chi connectivity index (χ0n) is 6.90. The van der Waals surface area contributed by atoms with Crippen LogP contribution >= 0.6 is 0 Å². The minimum atomic E-state index is 0.918. The van der Waals surface area contributed by atoms with Crippen LogP contribution in [0.5, 0.6) is 0 Å². The molecule has 1 fully saturated rings. The molecule has 0 bridgehead atoms. The van der Waals surface area contributed by atoms with Crippen LogP contribution in [0, 0.1) is 12.3 Å². The van der Waals surface area contributed by atoms with Crippen molar-refractivity contribution in [2.45, 2.75) is 32.6 Å². The van der Waals surface area contributed by atoms with Gasteiger partial charge in [-0.1, -0.05) is 19.8 Å². The van der Waals surface area contributed by atoms with Crippen molar-refractivity contribution in [3.63, 3.8) is 0 Å². The van der Waals surface area contributed by atoms with E-state index in [1.165, 1.54) is 38.8 Å². The van der Waals surface area contributed by atoms with E-state index < -0.39 is 0 Å². The lowest BCUT2D eigenvalue weighted by atomic mass is 9.93. The third kappa shape index (κ3) is 2.70. The van der Waals surface area contributed by atoms with Gasteiger partial charge in [0.2, 0.25) is 0 Å². The van der Waals surface area contributed by atoms with Gasteiger partial charge >= 0.3 is 0 Å². The molecule has 1 saturated heterocycles. The summed E-state index contributed by atoms with van der Waals surface area (Å²) in [5.74, 6) is 0.918. The first-order valence-electron chi connectivity index (χ1n) is 4.47. The first kappa shape index (κ1) is 8.06. The summed E-state index contributed by atoms with van der Waals surface area (Å²) in [5, 5.41) is 3.37. The summed E-state index contributed by atoms with van der Waals surface area (Å²) >= 11 is 0. The summed E-state index contributed by atoms with van der Waals surface area (Å²) in [6, 6.07) is 0. The molecule has 1 aliphatic heterocycles. The fraction of sp³-hybridized carbons (Fsp3) is 0.889. The minimum Gasteiger partial charge on any atom is -0.317 e. The van der Waals surface area contributed by atoms with Crippen molar-refractivity contribution in [3.8, 4) is 0 Å². The van der Waals surface area contributed by atoms with Gasteiger partial charge in [-0.25, -0.2) is 0 Å². The number of unbranched alkanes of at least 4 members (excludes halogenated alkanes) is 1. The number of hydrogen-bond acceptors (Lipinski definition) is 1. The lowest BCUT2D eigenvalue weighted by Gasteiger charge is -2.21. The van der Waals surface area contributed by atoms with Gasteiger partial charge < -0.3 is 5.32 Å². The van der Waals surface area contributed by atoms with E-state index in [2.05, 4.69) is 18.7 Å². The van der Waals surface area contributed by atoms with Gasteiger partial charge in [-0.05, 0) is 38.3 Å². The molecule has 1 aliphatic rings. The molecule has 0 spiro atoms. The summed E-state index contributed by atoms with van der Waals surface area (Å²) in [5.41, 5.74) is 0. The van der Waals surface area contributed by atoms with Crippen molar-refractivity contribution in [3.05, 3.63) is 6.42 Å². The van der Waals surface area contributed by atoms with Crippen molar-refractivity contribution in [1.82, 2.24) is 5.32 Å². The maximum atomic E-state index is 3.37. The monoisotopic (exact) mass is 140 g/mol. The predicted octanol–water partition coefficient (Wildman–Crippen LogP) is 1.99. The van der Waals surface area contributed by atoms with Crippen molar-refractivity contribution < 1.29 is 0 Å². The Bertz CT molecular complexity index is 74.8. The van der Waals surface area contributed by atoms with Crippen LogP contribution in [0.4, 0.5) is 0 Å². The quantitative estimate of drug-likeness (QED) is 0.632. The van der Waals surface area contributed by atoms with Gasteiger partial charge in [0.25, 0.3) is 0 Å². The largest absolute Gasteiger partial charge is 0.317 e. The maximum absolute atomic E-state index is 3.37. The van der Waals surface area contributed by atoms with E-state index in [0.29, 0.717) is 0 Å². The third-order valence-corrected chi connectivity index (χ3v) is 2.17. The van der Waals surface area contributed by atoms with E-state index in [0.717, 1.165) is 5.92 Å². The topological polar surface area (TPSA) is 12.0 Å². The third-order valence-electron chi connectivity index (χ3n) is 2.17. The molecule has 0 atom stereocenters. The number of nitrogens with one attached hydrogen (secondary N) is 1. The van der Waals surface area contributed by atoms with Crippen LogP contribution < -0.4 is 5.32 Å². The molecule has 0 aliphatic carbocycles. The molecule has 1 heterocycles. The second-order valence-corrected chi connectivity index (χ2v) is 3.11. The molecule has 0 aromatic heterocycles. The number of piperidine rings is 1. The van der Waals surface area contributed by atoms with E-state index in [4.69, 9.17) is 0 Å². The van der Waals surface area contributed by atoms with Gasteiger partial charge in [0.15, 0.2) is 0 Å².